The lowest BCUT2D eigenvalue weighted by atomic mass is 10.1. The molecular weight excluding hydrogens is 356 g/mol. The van der Waals surface area contributed by atoms with Gasteiger partial charge < -0.3 is 15.2 Å². The second-order valence-corrected chi connectivity index (χ2v) is 7.60. The molecule has 0 atom stereocenters. The first-order valence-electron chi connectivity index (χ1n) is 9.06. The van der Waals surface area contributed by atoms with Crippen LogP contribution in [0.25, 0.3) is 0 Å². The second kappa shape index (κ2) is 9.32. The molecule has 142 valence electrons. The van der Waals surface area contributed by atoms with E-state index in [9.17, 15) is 0 Å². The smallest absolute Gasteiger partial charge is 0.191 e. The van der Waals surface area contributed by atoms with Crippen molar-refractivity contribution in [2.45, 2.75) is 39.4 Å². The van der Waals surface area contributed by atoms with Gasteiger partial charge in [0, 0.05) is 37.9 Å². The van der Waals surface area contributed by atoms with Gasteiger partial charge in [0.05, 0.1) is 18.6 Å². The molecule has 3 rings (SSSR count). The number of hydrogen-bond donors (Lipinski definition) is 2. The molecule has 0 saturated heterocycles. The molecule has 3 aromatic rings. The number of guanidine groups is 1. The number of nitrogens with one attached hydrogen (secondary N) is 2. The monoisotopic (exact) mass is 382 g/mol. The second-order valence-electron chi connectivity index (χ2n) is 6.66. The lowest BCUT2D eigenvalue weighted by molar-refractivity contribution is 0.779. The van der Waals surface area contributed by atoms with Crippen molar-refractivity contribution in [1.82, 2.24) is 25.2 Å². The van der Waals surface area contributed by atoms with E-state index >= 15 is 0 Å². The van der Waals surface area contributed by atoms with Crippen molar-refractivity contribution in [3.05, 3.63) is 70.2 Å². The van der Waals surface area contributed by atoms with Crippen molar-refractivity contribution in [3.63, 3.8) is 0 Å². The summed E-state index contributed by atoms with van der Waals surface area (Å²) in [6, 6.07) is 8.54. The molecule has 1 aromatic carbocycles. The zero-order chi connectivity index (χ0) is 19.1. The molecular formula is C20H26N6S. The Bertz CT molecular complexity index is 866. The van der Waals surface area contributed by atoms with E-state index < -0.39 is 0 Å². The summed E-state index contributed by atoms with van der Waals surface area (Å²) in [6.07, 6.45) is 5.60. The van der Waals surface area contributed by atoms with E-state index in [0.717, 1.165) is 23.2 Å². The van der Waals surface area contributed by atoms with Crippen molar-refractivity contribution in [1.29, 1.82) is 0 Å². The van der Waals surface area contributed by atoms with Crippen LogP contribution < -0.4 is 10.6 Å². The molecule has 6 nitrogen and oxygen atoms in total. The molecule has 2 heterocycles. The number of benzene rings is 1. The van der Waals surface area contributed by atoms with E-state index in [4.69, 9.17) is 0 Å². The highest BCUT2D eigenvalue weighted by Gasteiger charge is 2.06. The quantitative estimate of drug-likeness (QED) is 0.486. The minimum absolute atomic E-state index is 0.460. The van der Waals surface area contributed by atoms with E-state index in [-0.39, 0.29) is 0 Å². The van der Waals surface area contributed by atoms with Gasteiger partial charge in [0.2, 0.25) is 0 Å². The molecule has 2 N–H and O–H groups in total. The molecule has 0 fully saturated rings. The highest BCUT2D eigenvalue weighted by atomic mass is 32.1. The Hall–Kier alpha value is -2.67. The summed E-state index contributed by atoms with van der Waals surface area (Å²) < 4.78 is 2.06. The molecule has 2 aromatic heterocycles. The summed E-state index contributed by atoms with van der Waals surface area (Å²) in [6.45, 7) is 6.54. The van der Waals surface area contributed by atoms with Crippen molar-refractivity contribution in [2.75, 3.05) is 7.05 Å². The first-order valence-corrected chi connectivity index (χ1v) is 9.94. The van der Waals surface area contributed by atoms with Crippen molar-refractivity contribution in [2.24, 2.45) is 4.99 Å². The van der Waals surface area contributed by atoms with Gasteiger partial charge in [0.1, 0.15) is 5.01 Å². The number of rotatable bonds is 7. The number of aliphatic imine (C=N–C) groups is 1. The SMILES string of the molecule is CN=C(NCc1cccc(Cn2ccnc2)c1)NCc1nc(C(C)C)cs1. The van der Waals surface area contributed by atoms with Crippen LogP contribution in [0.3, 0.4) is 0 Å². The van der Waals surface area contributed by atoms with E-state index in [1.54, 1.807) is 24.6 Å². The van der Waals surface area contributed by atoms with Crippen LogP contribution in [0.15, 0.2) is 53.4 Å². The maximum atomic E-state index is 4.65. The normalized spacial score (nSPS) is 11.8. The van der Waals surface area contributed by atoms with Gasteiger partial charge in [-0.2, -0.15) is 0 Å². The summed E-state index contributed by atoms with van der Waals surface area (Å²) in [5, 5.41) is 9.90. The maximum Gasteiger partial charge on any atom is 0.191 e. The van der Waals surface area contributed by atoms with Gasteiger partial charge in [-0.25, -0.2) is 9.97 Å². The van der Waals surface area contributed by atoms with Crippen molar-refractivity contribution < 1.29 is 0 Å². The predicted molar refractivity (Wildman–Crippen MR) is 111 cm³/mol. The first-order chi connectivity index (χ1) is 13.1. The number of hydrogen-bond acceptors (Lipinski definition) is 4. The van der Waals surface area contributed by atoms with Crippen molar-refractivity contribution >= 4 is 17.3 Å². The Kier molecular flexibility index (Phi) is 6.59. The minimum atomic E-state index is 0.460. The third-order valence-electron chi connectivity index (χ3n) is 4.17. The molecule has 0 saturated carbocycles. The number of nitrogens with zero attached hydrogens (tertiary/aromatic N) is 4. The molecule has 0 aliphatic heterocycles. The largest absolute Gasteiger partial charge is 0.352 e. The molecule has 0 unspecified atom stereocenters. The number of aromatic nitrogens is 3. The summed E-state index contributed by atoms with van der Waals surface area (Å²) in [5.41, 5.74) is 3.61. The highest BCUT2D eigenvalue weighted by Crippen LogP contribution is 2.17. The molecule has 0 spiro atoms. The Balaban J connectivity index is 1.51. The van der Waals surface area contributed by atoms with Crippen LogP contribution >= 0.6 is 11.3 Å². The van der Waals surface area contributed by atoms with Crippen LogP contribution in [-0.4, -0.2) is 27.5 Å². The van der Waals surface area contributed by atoms with Crippen LogP contribution in [0.4, 0.5) is 0 Å². The average molecular weight is 383 g/mol. The Labute approximate surface area is 164 Å². The molecule has 7 heteroatoms. The first kappa shape index (κ1) is 19.1. The van der Waals surface area contributed by atoms with Crippen LogP contribution in [0.5, 0.6) is 0 Å². The summed E-state index contributed by atoms with van der Waals surface area (Å²) >= 11 is 1.68. The molecule has 27 heavy (non-hydrogen) atoms. The lowest BCUT2D eigenvalue weighted by Crippen LogP contribution is -2.36. The third kappa shape index (κ3) is 5.65. The van der Waals surface area contributed by atoms with Gasteiger partial charge in [-0.3, -0.25) is 4.99 Å². The van der Waals surface area contributed by atoms with Gasteiger partial charge in [0.25, 0.3) is 0 Å². The zero-order valence-electron chi connectivity index (χ0n) is 16.0. The maximum absolute atomic E-state index is 4.65. The zero-order valence-corrected chi connectivity index (χ0v) is 16.8. The summed E-state index contributed by atoms with van der Waals surface area (Å²) in [5.74, 6) is 1.23. The number of imidazole rings is 1. The fraction of sp³-hybridized carbons (Fsp3) is 0.350. The third-order valence-corrected chi connectivity index (χ3v) is 5.03. The Morgan fingerprint density at radius 1 is 1.22 bits per heavy atom. The molecule has 0 bridgehead atoms. The van der Waals surface area contributed by atoms with E-state index in [2.05, 4.69) is 73.7 Å². The highest BCUT2D eigenvalue weighted by molar-refractivity contribution is 7.09. The topological polar surface area (TPSA) is 67.1 Å². The average Bonchev–Trinajstić information content (AvgIpc) is 3.34. The van der Waals surface area contributed by atoms with Crippen LogP contribution in [0.2, 0.25) is 0 Å². The van der Waals surface area contributed by atoms with Gasteiger partial charge in [-0.1, -0.05) is 38.1 Å². The lowest BCUT2D eigenvalue weighted by Gasteiger charge is -2.12. The van der Waals surface area contributed by atoms with E-state index in [1.807, 2.05) is 12.5 Å². The Morgan fingerprint density at radius 3 is 2.74 bits per heavy atom. The van der Waals surface area contributed by atoms with Gasteiger partial charge in [-0.05, 0) is 17.0 Å². The van der Waals surface area contributed by atoms with E-state index in [0.29, 0.717) is 19.0 Å². The fourth-order valence-corrected chi connectivity index (χ4v) is 3.56. The van der Waals surface area contributed by atoms with Crippen LogP contribution in [0, 0.1) is 0 Å². The Morgan fingerprint density at radius 2 is 2.04 bits per heavy atom. The molecule has 0 aliphatic carbocycles. The molecule has 0 aliphatic rings. The van der Waals surface area contributed by atoms with Crippen LogP contribution in [0.1, 0.15) is 41.6 Å². The van der Waals surface area contributed by atoms with Crippen LogP contribution in [-0.2, 0) is 19.6 Å². The van der Waals surface area contributed by atoms with Gasteiger partial charge in [0.15, 0.2) is 5.96 Å². The summed E-state index contributed by atoms with van der Waals surface area (Å²) in [7, 11) is 1.78. The standard InChI is InChI=1S/C20H26N6S/c1-15(2)18-13-27-19(25-18)11-24-20(21-3)23-10-16-5-4-6-17(9-16)12-26-8-7-22-14-26/h4-9,13-15H,10-12H2,1-3H3,(H2,21,23,24). The van der Waals surface area contributed by atoms with Gasteiger partial charge >= 0.3 is 0 Å². The predicted octanol–water partition coefficient (Wildman–Crippen LogP) is 3.38. The van der Waals surface area contributed by atoms with Crippen molar-refractivity contribution in [3.8, 4) is 0 Å². The molecule has 0 radical (unpaired) electrons. The fourth-order valence-electron chi connectivity index (χ4n) is 2.67. The van der Waals surface area contributed by atoms with Gasteiger partial charge in [-0.15, -0.1) is 11.3 Å². The van der Waals surface area contributed by atoms with E-state index in [1.165, 1.54) is 11.1 Å². The summed E-state index contributed by atoms with van der Waals surface area (Å²) in [4.78, 5) is 13.0. The molecule has 0 amide bonds. The minimum Gasteiger partial charge on any atom is -0.352 e. The number of thiazole rings is 1.